The third kappa shape index (κ3) is 8.61. The molecule has 0 fully saturated rings. The van der Waals surface area contributed by atoms with Crippen molar-refractivity contribution in [1.82, 2.24) is 0 Å². The van der Waals surface area contributed by atoms with Crippen molar-refractivity contribution in [2.45, 2.75) is 55.4 Å². The number of benzene rings is 7. The van der Waals surface area contributed by atoms with Crippen LogP contribution >= 0.6 is 0 Å². The first-order valence-corrected chi connectivity index (χ1v) is 19.6. The topological polar surface area (TPSA) is 6.48 Å². The van der Waals surface area contributed by atoms with Gasteiger partial charge in [-0.1, -0.05) is 114 Å². The minimum Gasteiger partial charge on any atom is -0.310 e. The lowest BCUT2D eigenvalue weighted by Crippen LogP contribution is -2.12. The molecule has 7 aromatic carbocycles. The highest BCUT2D eigenvalue weighted by Crippen LogP contribution is 2.39. The molecule has 0 saturated heterocycles. The summed E-state index contributed by atoms with van der Waals surface area (Å²) in [7, 11) is 0. The maximum atomic E-state index is 2.37. The molecule has 0 aromatic heterocycles. The van der Waals surface area contributed by atoms with Crippen LogP contribution in [0.3, 0.4) is 0 Å². The molecule has 2 nitrogen and oxygen atoms in total. The third-order valence-corrected chi connectivity index (χ3v) is 10.6. The Hall–Kier alpha value is -6.38. The molecule has 7 rings (SSSR count). The highest BCUT2D eigenvalue weighted by Gasteiger charge is 2.17. The van der Waals surface area contributed by atoms with Gasteiger partial charge in [0.1, 0.15) is 0 Å². The van der Waals surface area contributed by atoms with Gasteiger partial charge in [0.05, 0.1) is 0 Å². The average molecular weight is 729 g/mol. The van der Waals surface area contributed by atoms with Gasteiger partial charge in [-0.25, -0.2) is 0 Å². The predicted molar refractivity (Wildman–Crippen MR) is 244 cm³/mol. The number of aryl methyl sites for hydroxylation is 8. The van der Waals surface area contributed by atoms with Crippen LogP contribution in [0.5, 0.6) is 0 Å². The molecular formula is C54H52N2. The molecule has 56 heavy (non-hydrogen) atoms. The summed E-state index contributed by atoms with van der Waals surface area (Å²) < 4.78 is 0. The molecule has 0 saturated carbocycles. The van der Waals surface area contributed by atoms with Gasteiger partial charge in [-0.2, -0.15) is 0 Å². The van der Waals surface area contributed by atoms with E-state index in [4.69, 9.17) is 0 Å². The van der Waals surface area contributed by atoms with E-state index in [9.17, 15) is 0 Å². The second kappa shape index (κ2) is 16.6. The number of hydrogen-bond acceptors (Lipinski definition) is 2. The zero-order chi connectivity index (χ0) is 39.3. The first kappa shape index (κ1) is 37.9. The van der Waals surface area contributed by atoms with Crippen molar-refractivity contribution < 1.29 is 0 Å². The summed E-state index contributed by atoms with van der Waals surface area (Å²) in [6, 6.07) is 53.2. The normalized spacial score (nSPS) is 11.4. The molecule has 0 amide bonds. The van der Waals surface area contributed by atoms with E-state index in [0.29, 0.717) is 0 Å². The van der Waals surface area contributed by atoms with Crippen molar-refractivity contribution in [3.05, 3.63) is 212 Å². The zero-order valence-electron chi connectivity index (χ0n) is 34.1. The SMILES string of the molecule is Cc1cccc(N(c2ccc(/C=C/c3cccc(/C=C/c4ccc(N(c5cccc(C)c5)c5ccc(C)cc5C)cc4C)c3)c(C)c2)c2ccc(C)cc2C)c1. The van der Waals surface area contributed by atoms with Gasteiger partial charge in [0.25, 0.3) is 0 Å². The van der Waals surface area contributed by atoms with E-state index in [0.717, 1.165) is 22.7 Å². The van der Waals surface area contributed by atoms with Crippen LogP contribution in [0.2, 0.25) is 0 Å². The molecule has 0 aliphatic rings. The fourth-order valence-corrected chi connectivity index (χ4v) is 7.61. The molecule has 7 aromatic rings. The fourth-order valence-electron chi connectivity index (χ4n) is 7.61. The largest absolute Gasteiger partial charge is 0.310 e. The van der Waals surface area contributed by atoms with Crippen molar-refractivity contribution >= 4 is 58.4 Å². The van der Waals surface area contributed by atoms with E-state index in [-0.39, 0.29) is 0 Å². The van der Waals surface area contributed by atoms with Crippen molar-refractivity contribution in [2.75, 3.05) is 9.80 Å². The molecule has 0 radical (unpaired) electrons. The summed E-state index contributed by atoms with van der Waals surface area (Å²) in [5.74, 6) is 0. The summed E-state index contributed by atoms with van der Waals surface area (Å²) in [6.07, 6.45) is 8.90. The minimum atomic E-state index is 1.15. The molecule has 0 N–H and O–H groups in total. The third-order valence-electron chi connectivity index (χ3n) is 10.6. The van der Waals surface area contributed by atoms with Crippen molar-refractivity contribution in [3.63, 3.8) is 0 Å². The van der Waals surface area contributed by atoms with Crippen LogP contribution in [-0.4, -0.2) is 0 Å². The Labute approximate surface area is 334 Å². The maximum Gasteiger partial charge on any atom is 0.0490 e. The van der Waals surface area contributed by atoms with Crippen LogP contribution in [0.15, 0.2) is 146 Å². The number of anilines is 6. The number of nitrogens with zero attached hydrogens (tertiary/aromatic N) is 2. The van der Waals surface area contributed by atoms with Crippen LogP contribution in [0, 0.1) is 55.4 Å². The molecule has 0 aliphatic carbocycles. The quantitative estimate of drug-likeness (QED) is 0.129. The van der Waals surface area contributed by atoms with Gasteiger partial charge in [0.15, 0.2) is 0 Å². The van der Waals surface area contributed by atoms with Crippen molar-refractivity contribution in [1.29, 1.82) is 0 Å². The second-order valence-electron chi connectivity index (χ2n) is 15.3. The van der Waals surface area contributed by atoms with Gasteiger partial charge in [0.2, 0.25) is 0 Å². The number of rotatable bonds is 10. The van der Waals surface area contributed by atoms with Gasteiger partial charge >= 0.3 is 0 Å². The smallest absolute Gasteiger partial charge is 0.0490 e. The second-order valence-corrected chi connectivity index (χ2v) is 15.3. The molecular weight excluding hydrogens is 677 g/mol. The fraction of sp³-hybridized carbons (Fsp3) is 0.148. The Morgan fingerprint density at radius 3 is 1.09 bits per heavy atom. The summed E-state index contributed by atoms with van der Waals surface area (Å²) in [4.78, 5) is 4.75. The van der Waals surface area contributed by atoms with E-state index >= 15 is 0 Å². The van der Waals surface area contributed by atoms with E-state index in [1.54, 1.807) is 0 Å². The Kier molecular flexibility index (Phi) is 11.2. The summed E-state index contributed by atoms with van der Waals surface area (Å²) in [5, 5.41) is 0. The van der Waals surface area contributed by atoms with Gasteiger partial charge in [-0.3, -0.25) is 0 Å². The van der Waals surface area contributed by atoms with E-state index in [1.165, 1.54) is 78.1 Å². The van der Waals surface area contributed by atoms with Crippen LogP contribution in [0.1, 0.15) is 66.8 Å². The zero-order valence-corrected chi connectivity index (χ0v) is 34.1. The highest BCUT2D eigenvalue weighted by atomic mass is 15.1. The average Bonchev–Trinajstić information content (AvgIpc) is 3.16. The van der Waals surface area contributed by atoms with E-state index < -0.39 is 0 Å². The van der Waals surface area contributed by atoms with E-state index in [1.807, 2.05) is 0 Å². The van der Waals surface area contributed by atoms with Crippen molar-refractivity contribution in [2.24, 2.45) is 0 Å². The molecule has 0 spiro atoms. The van der Waals surface area contributed by atoms with Gasteiger partial charge in [0, 0.05) is 34.1 Å². The molecule has 0 bridgehead atoms. The Balaban J connectivity index is 1.11. The van der Waals surface area contributed by atoms with Crippen LogP contribution in [0.25, 0.3) is 24.3 Å². The van der Waals surface area contributed by atoms with Gasteiger partial charge in [-0.15, -0.1) is 0 Å². The summed E-state index contributed by atoms with van der Waals surface area (Å²) in [6.45, 7) is 17.4. The predicted octanol–water partition coefficient (Wildman–Crippen LogP) is 15.4. The van der Waals surface area contributed by atoms with Crippen LogP contribution in [0.4, 0.5) is 34.1 Å². The molecule has 0 aliphatic heterocycles. The standard InChI is InChI=1S/C54H52N2/c1-37-12-9-16-49(32-37)55(53-28-18-39(3)30-43(53)7)51-26-24-47(41(5)34-51)22-20-45-14-11-15-46(36-45)21-23-48-25-27-52(35-42(48)6)56(50-17-10-13-38(2)33-50)54-29-19-40(4)31-44(54)8/h9-36H,1-8H3/b22-20+,23-21+. The van der Waals surface area contributed by atoms with Gasteiger partial charge < -0.3 is 9.80 Å². The Morgan fingerprint density at radius 2 is 0.696 bits per heavy atom. The lowest BCUT2D eigenvalue weighted by Gasteiger charge is -2.28. The van der Waals surface area contributed by atoms with E-state index in [2.05, 4.69) is 235 Å². The highest BCUT2D eigenvalue weighted by molar-refractivity contribution is 5.83. The first-order valence-electron chi connectivity index (χ1n) is 19.6. The minimum absolute atomic E-state index is 1.15. The lowest BCUT2D eigenvalue weighted by molar-refractivity contribution is 1.22. The Morgan fingerprint density at radius 1 is 0.304 bits per heavy atom. The van der Waals surface area contributed by atoms with Crippen LogP contribution < -0.4 is 9.80 Å². The number of hydrogen-bond donors (Lipinski definition) is 0. The Bertz CT molecular complexity index is 2410. The van der Waals surface area contributed by atoms with Crippen molar-refractivity contribution in [3.8, 4) is 0 Å². The maximum absolute atomic E-state index is 2.37. The first-order chi connectivity index (χ1) is 27.0. The molecule has 278 valence electrons. The lowest BCUT2D eigenvalue weighted by atomic mass is 10.0. The monoisotopic (exact) mass is 728 g/mol. The van der Waals surface area contributed by atoms with Gasteiger partial charge in [-0.05, 0) is 178 Å². The molecule has 0 unspecified atom stereocenters. The summed E-state index contributed by atoms with van der Waals surface area (Å²) in [5.41, 5.74) is 21.8. The molecule has 0 atom stereocenters. The van der Waals surface area contributed by atoms with Crippen LogP contribution in [-0.2, 0) is 0 Å². The molecule has 0 heterocycles. The molecule has 2 heteroatoms. The summed E-state index contributed by atoms with van der Waals surface area (Å²) >= 11 is 0.